The zero-order valence-electron chi connectivity index (χ0n) is 15.7. The number of ether oxygens (including phenoxy) is 1. The Labute approximate surface area is 172 Å². The molecule has 1 aromatic rings. The number of nitrogens with one attached hydrogen (secondary N) is 1. The molecule has 0 radical (unpaired) electrons. The number of aliphatic carboxylic acids is 1. The highest BCUT2D eigenvalue weighted by Gasteiger charge is 2.54. The molecule has 4 rings (SSSR count). The second-order valence-corrected chi connectivity index (χ2v) is 8.31. The molecule has 1 saturated heterocycles. The topological polar surface area (TPSA) is 95.9 Å². The summed E-state index contributed by atoms with van der Waals surface area (Å²) < 4.78 is 5.66. The predicted molar refractivity (Wildman–Crippen MR) is 108 cm³/mol. The lowest BCUT2D eigenvalue weighted by Crippen LogP contribution is -2.70. The highest BCUT2D eigenvalue weighted by atomic mass is 32.2. The molecule has 8 heteroatoms. The molecule has 3 atom stereocenters. The number of carboxylic acid groups (broad SMARTS) is 1. The molecule has 3 aliphatic heterocycles. The monoisotopic (exact) mass is 414 g/mol. The van der Waals surface area contributed by atoms with Gasteiger partial charge < -0.3 is 15.2 Å². The predicted octanol–water partition coefficient (Wildman–Crippen LogP) is 1.70. The van der Waals surface area contributed by atoms with E-state index in [4.69, 9.17) is 4.74 Å². The number of carbonyl (C=O) groups is 3. The zero-order chi connectivity index (χ0) is 20.4. The molecule has 0 bridgehead atoms. The third-order valence-electron chi connectivity index (χ3n) is 5.19. The van der Waals surface area contributed by atoms with Crippen LogP contribution < -0.4 is 5.32 Å². The second kappa shape index (κ2) is 8.42. The molecular formula is C21H22N2O5S. The van der Waals surface area contributed by atoms with Gasteiger partial charge in [-0.3, -0.25) is 14.5 Å². The third-order valence-corrected chi connectivity index (χ3v) is 6.53. The Morgan fingerprint density at radius 3 is 2.76 bits per heavy atom. The van der Waals surface area contributed by atoms with Gasteiger partial charge in [0.05, 0.1) is 19.1 Å². The molecule has 7 nitrogen and oxygen atoms in total. The van der Waals surface area contributed by atoms with E-state index in [1.165, 1.54) is 16.7 Å². The highest BCUT2D eigenvalue weighted by molar-refractivity contribution is 8.00. The number of hydrogen-bond acceptors (Lipinski definition) is 5. The number of thioether (sulfide) groups is 1. The Morgan fingerprint density at radius 2 is 2.07 bits per heavy atom. The van der Waals surface area contributed by atoms with E-state index in [2.05, 4.69) is 5.32 Å². The molecule has 29 heavy (non-hydrogen) atoms. The summed E-state index contributed by atoms with van der Waals surface area (Å²) in [5.74, 6) is -1.25. The maximum absolute atomic E-state index is 12.7. The molecule has 3 aliphatic rings. The summed E-state index contributed by atoms with van der Waals surface area (Å²) in [7, 11) is 0. The molecular weight excluding hydrogens is 392 g/mol. The number of hydrogen-bond donors (Lipinski definition) is 2. The lowest BCUT2D eigenvalue weighted by atomic mass is 9.99. The first-order valence-electron chi connectivity index (χ1n) is 9.56. The molecule has 0 spiro atoms. The van der Waals surface area contributed by atoms with Gasteiger partial charge in [0.1, 0.15) is 17.1 Å². The van der Waals surface area contributed by atoms with Crippen molar-refractivity contribution in [3.8, 4) is 0 Å². The van der Waals surface area contributed by atoms with Gasteiger partial charge in [-0.25, -0.2) is 4.79 Å². The van der Waals surface area contributed by atoms with Crippen molar-refractivity contribution >= 4 is 29.5 Å². The van der Waals surface area contributed by atoms with Gasteiger partial charge in [-0.05, 0) is 17.6 Å². The van der Waals surface area contributed by atoms with Crippen LogP contribution in [0.15, 0.2) is 53.8 Å². The van der Waals surface area contributed by atoms with Crippen molar-refractivity contribution in [3.63, 3.8) is 0 Å². The van der Waals surface area contributed by atoms with Crippen molar-refractivity contribution in [1.29, 1.82) is 0 Å². The summed E-state index contributed by atoms with van der Waals surface area (Å²) in [5.41, 5.74) is 1.59. The SMILES string of the molecule is O=C(Cc1ccccc1)N[C@@H]1C(=O)N2C(C(=O)O)=C(CC3C=CCCO3)CS[C@H]12. The summed E-state index contributed by atoms with van der Waals surface area (Å²) in [6, 6.07) is 8.59. The van der Waals surface area contributed by atoms with Crippen molar-refractivity contribution in [3.05, 3.63) is 59.3 Å². The molecule has 152 valence electrons. The smallest absolute Gasteiger partial charge is 0.352 e. The van der Waals surface area contributed by atoms with Crippen molar-refractivity contribution in [1.82, 2.24) is 10.2 Å². The van der Waals surface area contributed by atoms with Crippen LogP contribution in [0, 0.1) is 0 Å². The minimum Gasteiger partial charge on any atom is -0.477 e. The van der Waals surface area contributed by atoms with Gasteiger partial charge in [0.25, 0.3) is 5.91 Å². The first-order chi connectivity index (χ1) is 14.0. The Balaban J connectivity index is 1.45. The fourth-order valence-electron chi connectivity index (χ4n) is 3.81. The lowest BCUT2D eigenvalue weighted by molar-refractivity contribution is -0.150. The highest BCUT2D eigenvalue weighted by Crippen LogP contribution is 2.41. The van der Waals surface area contributed by atoms with Crippen molar-refractivity contribution in [2.45, 2.75) is 36.8 Å². The molecule has 0 saturated carbocycles. The lowest BCUT2D eigenvalue weighted by Gasteiger charge is -2.49. The third kappa shape index (κ3) is 4.09. The first-order valence-corrected chi connectivity index (χ1v) is 10.6. The number of amides is 2. The van der Waals surface area contributed by atoms with E-state index in [0.717, 1.165) is 12.0 Å². The van der Waals surface area contributed by atoms with Crippen LogP contribution in [-0.2, 0) is 25.5 Å². The molecule has 1 unspecified atom stereocenters. The van der Waals surface area contributed by atoms with Crippen LogP contribution in [0.3, 0.4) is 0 Å². The maximum Gasteiger partial charge on any atom is 0.352 e. The normalized spacial score (nSPS) is 26.0. The van der Waals surface area contributed by atoms with E-state index in [-0.39, 0.29) is 35.4 Å². The van der Waals surface area contributed by atoms with Gasteiger partial charge in [-0.15, -0.1) is 11.8 Å². The number of carboxylic acids is 1. The fourth-order valence-corrected chi connectivity index (χ4v) is 5.17. The molecule has 1 fully saturated rings. The number of β-lactam (4-membered cyclic amide) rings is 1. The minimum absolute atomic E-state index is 0.0369. The number of rotatable bonds is 6. The van der Waals surface area contributed by atoms with E-state index in [1.807, 2.05) is 42.5 Å². The quantitative estimate of drug-likeness (QED) is 0.543. The van der Waals surface area contributed by atoms with E-state index < -0.39 is 12.0 Å². The zero-order valence-corrected chi connectivity index (χ0v) is 16.6. The van der Waals surface area contributed by atoms with Crippen LogP contribution in [-0.4, -0.2) is 57.7 Å². The number of nitrogens with zero attached hydrogens (tertiary/aromatic N) is 1. The van der Waals surface area contributed by atoms with Crippen LogP contribution in [0.2, 0.25) is 0 Å². The van der Waals surface area contributed by atoms with E-state index >= 15 is 0 Å². The van der Waals surface area contributed by atoms with E-state index in [0.29, 0.717) is 24.4 Å². The molecule has 2 amide bonds. The average molecular weight is 414 g/mol. The van der Waals surface area contributed by atoms with Gasteiger partial charge in [-0.1, -0.05) is 42.5 Å². The Hall–Kier alpha value is -2.58. The van der Waals surface area contributed by atoms with Crippen molar-refractivity contribution < 1.29 is 24.2 Å². The molecule has 2 N–H and O–H groups in total. The van der Waals surface area contributed by atoms with Gasteiger partial charge in [-0.2, -0.15) is 0 Å². The first kappa shape index (κ1) is 19.7. The Bertz CT molecular complexity index is 882. The van der Waals surface area contributed by atoms with Gasteiger partial charge >= 0.3 is 5.97 Å². The van der Waals surface area contributed by atoms with Crippen LogP contribution in [0.4, 0.5) is 0 Å². The van der Waals surface area contributed by atoms with Crippen molar-refractivity contribution in [2.24, 2.45) is 0 Å². The van der Waals surface area contributed by atoms with Crippen LogP contribution >= 0.6 is 11.8 Å². The van der Waals surface area contributed by atoms with Gasteiger partial charge in [0, 0.05) is 12.2 Å². The minimum atomic E-state index is -1.12. The van der Waals surface area contributed by atoms with E-state index in [1.54, 1.807) is 0 Å². The van der Waals surface area contributed by atoms with Crippen molar-refractivity contribution in [2.75, 3.05) is 12.4 Å². The molecule has 3 heterocycles. The van der Waals surface area contributed by atoms with Gasteiger partial charge in [0.15, 0.2) is 0 Å². The average Bonchev–Trinajstić information content (AvgIpc) is 2.73. The second-order valence-electron chi connectivity index (χ2n) is 7.20. The summed E-state index contributed by atoms with van der Waals surface area (Å²) >= 11 is 1.48. The fraction of sp³-hybridized carbons (Fsp3) is 0.381. The summed E-state index contributed by atoms with van der Waals surface area (Å²) in [6.07, 6.45) is 5.29. The standard InChI is InChI=1S/C21H22N2O5S/c24-16(10-13-6-2-1-3-7-13)22-17-19(25)23-18(21(26)27)14(12-29-20(17)23)11-15-8-4-5-9-28-15/h1-4,6-8,15,17,20H,5,9-12H2,(H,22,24)(H,26,27)/t15?,17-,20-/m1/s1. The van der Waals surface area contributed by atoms with E-state index in [9.17, 15) is 19.5 Å². The van der Waals surface area contributed by atoms with Crippen LogP contribution in [0.5, 0.6) is 0 Å². The molecule has 0 aromatic heterocycles. The number of benzene rings is 1. The van der Waals surface area contributed by atoms with Gasteiger partial charge in [0.2, 0.25) is 5.91 Å². The Kier molecular flexibility index (Phi) is 5.73. The molecule has 0 aliphatic carbocycles. The summed E-state index contributed by atoms with van der Waals surface area (Å²) in [4.78, 5) is 38.2. The maximum atomic E-state index is 12.7. The molecule has 1 aromatic carbocycles. The van der Waals surface area contributed by atoms with Crippen LogP contribution in [0.1, 0.15) is 18.4 Å². The largest absolute Gasteiger partial charge is 0.477 e. The number of carbonyl (C=O) groups excluding carboxylic acids is 2. The summed E-state index contributed by atoms with van der Waals surface area (Å²) in [6.45, 7) is 0.616. The number of fused-ring (bicyclic) bond motifs is 1. The Morgan fingerprint density at radius 1 is 1.28 bits per heavy atom. The summed E-state index contributed by atoms with van der Waals surface area (Å²) in [5, 5.41) is 12.1. The van der Waals surface area contributed by atoms with Crippen LogP contribution in [0.25, 0.3) is 0 Å².